The maximum absolute atomic E-state index is 13.2. The van der Waals surface area contributed by atoms with Crippen LogP contribution in [-0.2, 0) is 14.3 Å². The quantitative estimate of drug-likeness (QED) is 0.584. The molecule has 3 rings (SSSR count). The second kappa shape index (κ2) is 7.57. The number of aliphatic hydroxyl groups is 1. The van der Waals surface area contributed by atoms with E-state index < -0.39 is 53.4 Å². The van der Waals surface area contributed by atoms with Crippen LogP contribution >= 0.6 is 0 Å². The first kappa shape index (κ1) is 20.9. The Morgan fingerprint density at radius 2 is 1.79 bits per heavy atom. The summed E-state index contributed by atoms with van der Waals surface area (Å²) in [4.78, 5) is 38.4. The largest absolute Gasteiger partial charge is 0.443 e. The topological polar surface area (TPSA) is 99.2 Å². The van der Waals surface area contributed by atoms with E-state index in [1.54, 1.807) is 32.9 Å². The van der Waals surface area contributed by atoms with Crippen LogP contribution in [0.1, 0.15) is 32.4 Å². The van der Waals surface area contributed by atoms with Crippen molar-refractivity contribution < 1.29 is 28.6 Å². The van der Waals surface area contributed by atoms with Gasteiger partial charge in [0.05, 0.1) is 18.1 Å². The van der Waals surface area contributed by atoms with E-state index in [2.05, 4.69) is 5.43 Å². The molecule has 4 atom stereocenters. The molecule has 0 aromatic heterocycles. The van der Waals surface area contributed by atoms with Crippen LogP contribution in [0, 0.1) is 11.7 Å². The Bertz CT molecular complexity index is 849. The van der Waals surface area contributed by atoms with Gasteiger partial charge in [-0.15, -0.1) is 0 Å². The van der Waals surface area contributed by atoms with E-state index in [1.807, 2.05) is 0 Å². The fourth-order valence-electron chi connectivity index (χ4n) is 3.48. The Morgan fingerprint density at radius 3 is 2.38 bits per heavy atom. The fraction of sp³-hybridized carbons (Fsp3) is 0.450. The summed E-state index contributed by atoms with van der Waals surface area (Å²) in [6.07, 6.45) is 1.09. The highest BCUT2D eigenvalue weighted by atomic mass is 19.1. The molecule has 0 aliphatic carbocycles. The molecule has 2 heterocycles. The molecule has 4 unspecified atom stereocenters. The van der Waals surface area contributed by atoms with Crippen LogP contribution in [0.4, 0.5) is 9.18 Å². The monoisotopic (exact) mass is 405 g/mol. The average molecular weight is 405 g/mol. The molecule has 2 aliphatic heterocycles. The van der Waals surface area contributed by atoms with Gasteiger partial charge in [0, 0.05) is 7.05 Å². The van der Waals surface area contributed by atoms with Crippen LogP contribution in [0.2, 0.25) is 0 Å². The van der Waals surface area contributed by atoms with Gasteiger partial charge in [-0.05, 0) is 38.5 Å². The SMILES string of the molecule is CN1C(=O)C2C=CC(C(O)c3ccc(F)cc3)N(NC(=O)OC(C)(C)C)C2C1=O. The van der Waals surface area contributed by atoms with Crippen molar-refractivity contribution in [3.8, 4) is 0 Å². The molecule has 1 aromatic rings. The Balaban J connectivity index is 1.94. The number of ether oxygens (including phenoxy) is 1. The maximum atomic E-state index is 13.2. The Labute approximate surface area is 167 Å². The molecule has 2 aliphatic rings. The summed E-state index contributed by atoms with van der Waals surface area (Å²) in [7, 11) is 1.37. The number of amides is 3. The molecule has 156 valence electrons. The zero-order valence-electron chi connectivity index (χ0n) is 16.6. The van der Waals surface area contributed by atoms with Gasteiger partial charge in [-0.1, -0.05) is 24.3 Å². The third kappa shape index (κ3) is 4.15. The molecule has 8 nitrogen and oxygen atoms in total. The summed E-state index contributed by atoms with van der Waals surface area (Å²) in [6, 6.07) is 3.34. The van der Waals surface area contributed by atoms with Gasteiger partial charge in [-0.3, -0.25) is 19.9 Å². The molecule has 1 aromatic carbocycles. The van der Waals surface area contributed by atoms with Crippen LogP contribution in [0.15, 0.2) is 36.4 Å². The van der Waals surface area contributed by atoms with E-state index in [-0.39, 0.29) is 0 Å². The molecule has 2 N–H and O–H groups in total. The minimum atomic E-state index is -1.20. The molecule has 1 saturated heterocycles. The van der Waals surface area contributed by atoms with E-state index >= 15 is 0 Å². The molecule has 0 saturated carbocycles. The summed E-state index contributed by atoms with van der Waals surface area (Å²) < 4.78 is 18.5. The van der Waals surface area contributed by atoms with Crippen molar-refractivity contribution in [2.75, 3.05) is 7.05 Å². The first-order chi connectivity index (χ1) is 13.5. The number of halogens is 1. The lowest BCUT2D eigenvalue weighted by Crippen LogP contribution is -2.60. The van der Waals surface area contributed by atoms with Gasteiger partial charge in [0.2, 0.25) is 11.8 Å². The number of imide groups is 1. The van der Waals surface area contributed by atoms with Crippen LogP contribution in [0.25, 0.3) is 0 Å². The van der Waals surface area contributed by atoms with Crippen molar-refractivity contribution in [1.29, 1.82) is 0 Å². The van der Waals surface area contributed by atoms with Crippen molar-refractivity contribution in [3.05, 3.63) is 47.8 Å². The average Bonchev–Trinajstić information content (AvgIpc) is 2.85. The number of hydrazine groups is 1. The van der Waals surface area contributed by atoms with Crippen LogP contribution in [0.5, 0.6) is 0 Å². The number of hydrogen-bond donors (Lipinski definition) is 2. The van der Waals surface area contributed by atoms with Gasteiger partial charge in [-0.25, -0.2) is 9.18 Å². The molecular formula is C20H24FN3O5. The lowest BCUT2D eigenvalue weighted by Gasteiger charge is -2.40. The highest BCUT2D eigenvalue weighted by Crippen LogP contribution is 2.34. The van der Waals surface area contributed by atoms with Crippen molar-refractivity contribution in [2.45, 2.75) is 44.6 Å². The standard InChI is InChI=1S/C20H24FN3O5/c1-20(2,3)29-19(28)22-24-14(16(25)11-5-7-12(21)8-6-11)10-9-13-15(24)18(27)23(4)17(13)26/h5-10,13-16,25H,1-4H3,(H,22,28). The summed E-state index contributed by atoms with van der Waals surface area (Å²) >= 11 is 0. The number of likely N-dealkylation sites (tertiary alicyclic amines) is 1. The van der Waals surface area contributed by atoms with Gasteiger partial charge >= 0.3 is 6.09 Å². The number of aliphatic hydroxyl groups excluding tert-OH is 1. The fourth-order valence-corrected chi connectivity index (χ4v) is 3.48. The molecule has 0 spiro atoms. The number of benzene rings is 1. The number of fused-ring (bicyclic) bond motifs is 1. The predicted molar refractivity (Wildman–Crippen MR) is 101 cm³/mol. The lowest BCUT2D eigenvalue weighted by molar-refractivity contribution is -0.139. The summed E-state index contributed by atoms with van der Waals surface area (Å²) in [6.45, 7) is 5.07. The number of carbonyl (C=O) groups excluding carboxylic acids is 3. The number of rotatable bonds is 3. The van der Waals surface area contributed by atoms with Gasteiger partial charge in [0.15, 0.2) is 0 Å². The highest BCUT2D eigenvalue weighted by Gasteiger charge is 2.53. The Kier molecular flexibility index (Phi) is 5.46. The second-order valence-electron chi connectivity index (χ2n) is 8.10. The molecule has 0 radical (unpaired) electrons. The molecule has 1 fully saturated rings. The number of carbonyl (C=O) groups is 3. The minimum Gasteiger partial charge on any atom is -0.443 e. The third-order valence-corrected chi connectivity index (χ3v) is 4.83. The van der Waals surface area contributed by atoms with Gasteiger partial charge in [0.25, 0.3) is 0 Å². The van der Waals surface area contributed by atoms with Crippen LogP contribution in [-0.4, -0.2) is 57.7 Å². The smallest absolute Gasteiger partial charge is 0.422 e. The number of nitrogens with zero attached hydrogens (tertiary/aromatic N) is 2. The Morgan fingerprint density at radius 1 is 1.17 bits per heavy atom. The minimum absolute atomic E-state index is 0.389. The number of nitrogens with one attached hydrogen (secondary N) is 1. The highest BCUT2D eigenvalue weighted by molar-refractivity contribution is 6.08. The molecule has 0 bridgehead atoms. The normalized spacial score (nSPS) is 25.7. The summed E-state index contributed by atoms with van der Waals surface area (Å²) in [5, 5.41) is 12.1. The molecule has 3 amide bonds. The van der Waals surface area contributed by atoms with E-state index in [0.717, 1.165) is 4.90 Å². The van der Waals surface area contributed by atoms with Gasteiger partial charge in [0.1, 0.15) is 17.5 Å². The first-order valence-corrected chi connectivity index (χ1v) is 9.21. The molecule has 9 heteroatoms. The maximum Gasteiger partial charge on any atom is 0.422 e. The lowest BCUT2D eigenvalue weighted by atomic mass is 9.90. The zero-order valence-corrected chi connectivity index (χ0v) is 16.6. The first-order valence-electron chi connectivity index (χ1n) is 9.21. The van der Waals surface area contributed by atoms with Crippen molar-refractivity contribution >= 4 is 17.9 Å². The predicted octanol–water partition coefficient (Wildman–Crippen LogP) is 1.52. The van der Waals surface area contributed by atoms with Gasteiger partial charge < -0.3 is 9.84 Å². The van der Waals surface area contributed by atoms with Crippen LogP contribution in [0.3, 0.4) is 0 Å². The molecular weight excluding hydrogens is 381 g/mol. The molecule has 29 heavy (non-hydrogen) atoms. The Hall–Kier alpha value is -2.78. The van der Waals surface area contributed by atoms with Crippen molar-refractivity contribution in [2.24, 2.45) is 5.92 Å². The van der Waals surface area contributed by atoms with E-state index in [4.69, 9.17) is 4.74 Å². The van der Waals surface area contributed by atoms with Crippen LogP contribution < -0.4 is 5.43 Å². The van der Waals surface area contributed by atoms with E-state index in [1.165, 1.54) is 36.3 Å². The third-order valence-electron chi connectivity index (χ3n) is 4.83. The van der Waals surface area contributed by atoms with Crippen molar-refractivity contribution in [3.63, 3.8) is 0 Å². The van der Waals surface area contributed by atoms with E-state index in [9.17, 15) is 23.9 Å². The summed E-state index contributed by atoms with van der Waals surface area (Å²) in [5.74, 6) is -2.15. The van der Waals surface area contributed by atoms with Gasteiger partial charge in [-0.2, -0.15) is 5.01 Å². The van der Waals surface area contributed by atoms with E-state index in [0.29, 0.717) is 5.56 Å². The number of likely N-dealkylation sites (N-methyl/N-ethyl adjacent to an activating group) is 1. The summed E-state index contributed by atoms with van der Waals surface area (Å²) in [5.41, 5.74) is 2.12. The number of hydrogen-bond acceptors (Lipinski definition) is 6. The zero-order chi connectivity index (χ0) is 21.5. The van der Waals surface area contributed by atoms with Crippen molar-refractivity contribution in [1.82, 2.24) is 15.3 Å². The second-order valence-corrected chi connectivity index (χ2v) is 8.10.